The molecule has 1 aromatic rings. The Bertz CT molecular complexity index is 464. The Morgan fingerprint density at radius 1 is 1.25 bits per heavy atom. The molecule has 2 aliphatic rings. The Kier molecular flexibility index (Phi) is 4.34. The minimum Gasteiger partial charge on any atom is -0.392 e. The van der Waals surface area contributed by atoms with Crippen molar-refractivity contribution in [3.63, 3.8) is 0 Å². The summed E-state index contributed by atoms with van der Waals surface area (Å²) in [5.41, 5.74) is 6.90. The lowest BCUT2D eigenvalue weighted by molar-refractivity contribution is 0.101. The van der Waals surface area contributed by atoms with Crippen molar-refractivity contribution in [2.45, 2.75) is 44.1 Å². The lowest BCUT2D eigenvalue weighted by atomic mass is 9.80. The highest BCUT2D eigenvalue weighted by Crippen LogP contribution is 2.50. The minimum absolute atomic E-state index is 0.0390. The van der Waals surface area contributed by atoms with Crippen LogP contribution in [0.4, 0.5) is 0 Å². The Morgan fingerprint density at radius 2 is 2.05 bits per heavy atom. The van der Waals surface area contributed by atoms with Crippen LogP contribution in [-0.4, -0.2) is 17.8 Å². The Morgan fingerprint density at radius 3 is 2.65 bits per heavy atom. The third kappa shape index (κ3) is 2.74. The molecule has 3 rings (SSSR count). The first-order valence-electron chi connectivity index (χ1n) is 7.81. The van der Waals surface area contributed by atoms with Gasteiger partial charge in [-0.1, -0.05) is 36.2 Å². The van der Waals surface area contributed by atoms with Crippen molar-refractivity contribution in [1.29, 1.82) is 0 Å². The Hall–Kier alpha value is -0.570. The molecular formula is C17H24ClNO. The number of nitrogens with two attached hydrogens (primary N) is 1. The molecule has 0 aromatic heterocycles. The van der Waals surface area contributed by atoms with E-state index in [2.05, 4.69) is 0 Å². The molecule has 3 N–H and O–H groups in total. The van der Waals surface area contributed by atoms with Crippen LogP contribution in [0.5, 0.6) is 0 Å². The molecule has 2 saturated carbocycles. The molecule has 20 heavy (non-hydrogen) atoms. The zero-order valence-electron chi connectivity index (χ0n) is 11.8. The van der Waals surface area contributed by atoms with Crippen LogP contribution in [0.3, 0.4) is 0 Å². The highest BCUT2D eigenvalue weighted by atomic mass is 35.5. The predicted molar refractivity (Wildman–Crippen MR) is 82.8 cm³/mol. The van der Waals surface area contributed by atoms with Crippen LogP contribution in [0.2, 0.25) is 5.02 Å². The Labute approximate surface area is 126 Å². The van der Waals surface area contributed by atoms with Crippen molar-refractivity contribution in [3.8, 4) is 0 Å². The third-order valence-corrected chi connectivity index (χ3v) is 5.80. The quantitative estimate of drug-likeness (QED) is 0.872. The molecular weight excluding hydrogens is 270 g/mol. The fourth-order valence-corrected chi connectivity index (χ4v) is 4.68. The molecule has 3 heteroatoms. The lowest BCUT2D eigenvalue weighted by Crippen LogP contribution is -2.29. The van der Waals surface area contributed by atoms with Crippen LogP contribution in [0.1, 0.15) is 43.6 Å². The molecule has 0 radical (unpaired) electrons. The average Bonchev–Trinajstić information content (AvgIpc) is 3.04. The zero-order valence-corrected chi connectivity index (χ0v) is 12.6. The maximum absolute atomic E-state index is 10.6. The number of aliphatic hydroxyl groups is 1. The number of rotatable bonds is 5. The number of aliphatic hydroxyl groups excluding tert-OH is 1. The number of fused-ring (bicyclic) bond motifs is 2. The first-order chi connectivity index (χ1) is 9.69. The van der Waals surface area contributed by atoms with Crippen LogP contribution in [-0.2, 0) is 0 Å². The van der Waals surface area contributed by atoms with Crippen molar-refractivity contribution in [1.82, 2.24) is 0 Å². The molecule has 0 amide bonds. The van der Waals surface area contributed by atoms with E-state index in [0.717, 1.165) is 28.8 Å². The van der Waals surface area contributed by atoms with Crippen molar-refractivity contribution in [2.24, 2.45) is 23.5 Å². The summed E-state index contributed by atoms with van der Waals surface area (Å²) in [5.74, 6) is 2.43. The van der Waals surface area contributed by atoms with Gasteiger partial charge in [0.15, 0.2) is 0 Å². The van der Waals surface area contributed by atoms with E-state index in [1.807, 2.05) is 24.3 Å². The summed E-state index contributed by atoms with van der Waals surface area (Å²) >= 11 is 6.25. The van der Waals surface area contributed by atoms with Crippen LogP contribution < -0.4 is 5.73 Å². The van der Waals surface area contributed by atoms with Gasteiger partial charge in [0.2, 0.25) is 0 Å². The minimum atomic E-state index is -0.371. The first kappa shape index (κ1) is 14.4. The summed E-state index contributed by atoms with van der Waals surface area (Å²) in [6.45, 7) is 0.450. The summed E-state index contributed by atoms with van der Waals surface area (Å²) in [7, 11) is 0. The standard InChI is InChI=1S/C17H24ClNO/c18-16-4-2-1-3-14(16)15(10-19)17(20)9-13-8-11-5-6-12(13)7-11/h1-4,11-13,15,17,20H,5-10,19H2. The van der Waals surface area contributed by atoms with Gasteiger partial charge in [0.25, 0.3) is 0 Å². The molecule has 0 heterocycles. The normalized spacial score (nSPS) is 31.4. The molecule has 5 atom stereocenters. The highest BCUT2D eigenvalue weighted by molar-refractivity contribution is 6.31. The van der Waals surface area contributed by atoms with Gasteiger partial charge in [-0.15, -0.1) is 0 Å². The number of halogens is 1. The van der Waals surface area contributed by atoms with Crippen LogP contribution in [0.15, 0.2) is 24.3 Å². The van der Waals surface area contributed by atoms with E-state index < -0.39 is 0 Å². The fraction of sp³-hybridized carbons (Fsp3) is 0.647. The van der Waals surface area contributed by atoms with Crippen molar-refractivity contribution in [3.05, 3.63) is 34.9 Å². The van der Waals surface area contributed by atoms with E-state index in [1.54, 1.807) is 0 Å². The molecule has 2 aliphatic carbocycles. The lowest BCUT2D eigenvalue weighted by Gasteiger charge is -2.29. The van der Waals surface area contributed by atoms with Gasteiger partial charge in [0, 0.05) is 17.5 Å². The molecule has 0 spiro atoms. The van der Waals surface area contributed by atoms with E-state index >= 15 is 0 Å². The molecule has 2 fully saturated rings. The van der Waals surface area contributed by atoms with Gasteiger partial charge >= 0.3 is 0 Å². The summed E-state index contributed by atoms with van der Waals surface area (Å²) in [6.07, 6.45) is 5.97. The van der Waals surface area contributed by atoms with E-state index in [9.17, 15) is 5.11 Å². The highest BCUT2D eigenvalue weighted by Gasteiger charge is 2.40. The molecule has 2 nitrogen and oxygen atoms in total. The van der Waals surface area contributed by atoms with Crippen molar-refractivity contribution >= 4 is 11.6 Å². The molecule has 110 valence electrons. The van der Waals surface area contributed by atoms with E-state index in [0.29, 0.717) is 12.5 Å². The smallest absolute Gasteiger partial charge is 0.0624 e. The van der Waals surface area contributed by atoms with E-state index in [1.165, 1.54) is 25.7 Å². The summed E-state index contributed by atoms with van der Waals surface area (Å²) in [4.78, 5) is 0. The molecule has 2 bridgehead atoms. The molecule has 0 aliphatic heterocycles. The second-order valence-electron chi connectivity index (χ2n) is 6.60. The maximum Gasteiger partial charge on any atom is 0.0624 e. The summed E-state index contributed by atoms with van der Waals surface area (Å²) in [6, 6.07) is 7.75. The topological polar surface area (TPSA) is 46.2 Å². The predicted octanol–water partition coefficient (Wildman–Crippen LogP) is 3.57. The fourth-order valence-electron chi connectivity index (χ4n) is 4.41. The summed E-state index contributed by atoms with van der Waals surface area (Å²) in [5, 5.41) is 11.4. The van der Waals surface area contributed by atoms with Gasteiger partial charge in [-0.2, -0.15) is 0 Å². The summed E-state index contributed by atoms with van der Waals surface area (Å²) < 4.78 is 0. The van der Waals surface area contributed by atoms with Gasteiger partial charge in [-0.05, 0) is 55.1 Å². The first-order valence-corrected chi connectivity index (χ1v) is 8.19. The second kappa shape index (κ2) is 6.05. The van der Waals surface area contributed by atoms with Crippen LogP contribution in [0.25, 0.3) is 0 Å². The van der Waals surface area contributed by atoms with Gasteiger partial charge in [-0.3, -0.25) is 0 Å². The monoisotopic (exact) mass is 293 g/mol. The van der Waals surface area contributed by atoms with E-state index in [-0.39, 0.29) is 12.0 Å². The van der Waals surface area contributed by atoms with Gasteiger partial charge in [0.1, 0.15) is 0 Å². The van der Waals surface area contributed by atoms with Gasteiger partial charge in [0.05, 0.1) is 6.10 Å². The van der Waals surface area contributed by atoms with E-state index in [4.69, 9.17) is 17.3 Å². The largest absolute Gasteiger partial charge is 0.392 e. The van der Waals surface area contributed by atoms with Crippen molar-refractivity contribution in [2.75, 3.05) is 6.54 Å². The zero-order chi connectivity index (χ0) is 14.1. The molecule has 0 saturated heterocycles. The number of benzene rings is 1. The maximum atomic E-state index is 10.6. The SMILES string of the molecule is NCC(c1ccccc1Cl)C(O)CC1CC2CCC1C2. The van der Waals surface area contributed by atoms with Crippen LogP contribution >= 0.6 is 11.6 Å². The third-order valence-electron chi connectivity index (χ3n) is 5.45. The molecule has 5 unspecified atom stereocenters. The Balaban J connectivity index is 1.68. The van der Waals surface area contributed by atoms with Crippen LogP contribution in [0, 0.1) is 17.8 Å². The second-order valence-corrected chi connectivity index (χ2v) is 7.01. The van der Waals surface area contributed by atoms with Crippen molar-refractivity contribution < 1.29 is 5.11 Å². The van der Waals surface area contributed by atoms with Gasteiger partial charge < -0.3 is 10.8 Å². The number of hydrogen-bond donors (Lipinski definition) is 2. The number of hydrogen-bond acceptors (Lipinski definition) is 2. The molecule has 1 aromatic carbocycles. The average molecular weight is 294 g/mol. The van der Waals surface area contributed by atoms with Gasteiger partial charge in [-0.25, -0.2) is 0 Å².